The molecule has 0 N–H and O–H groups in total. The lowest BCUT2D eigenvalue weighted by molar-refractivity contribution is -0.137. The minimum Gasteiger partial charge on any atom is -0.166 e. The highest BCUT2D eigenvalue weighted by Crippen LogP contribution is 2.34. The van der Waals surface area contributed by atoms with E-state index in [4.69, 9.17) is 11.6 Å². The highest BCUT2D eigenvalue weighted by Gasteiger charge is 2.31. The minimum absolute atomic E-state index is 0.458. The van der Waals surface area contributed by atoms with Crippen LogP contribution in [0.15, 0.2) is 98.1 Å². The van der Waals surface area contributed by atoms with Gasteiger partial charge in [-0.1, -0.05) is 78.9 Å². The van der Waals surface area contributed by atoms with Gasteiger partial charge >= 0.3 is 6.18 Å². The molecule has 0 heterocycles. The van der Waals surface area contributed by atoms with Gasteiger partial charge in [-0.2, -0.15) is 13.2 Å². The minimum atomic E-state index is -4.42. The lowest BCUT2D eigenvalue weighted by Crippen LogP contribution is -2.07. The maximum absolute atomic E-state index is 13.5. The van der Waals surface area contributed by atoms with E-state index in [0.29, 0.717) is 22.6 Å². The number of aryl methyl sites for hydroxylation is 2. The van der Waals surface area contributed by atoms with Gasteiger partial charge in [0.05, 0.1) is 5.56 Å². The first-order valence-electron chi connectivity index (χ1n) is 12.3. The van der Waals surface area contributed by atoms with Crippen LogP contribution in [-0.4, -0.2) is 0 Å². The van der Waals surface area contributed by atoms with Crippen LogP contribution in [-0.2, 0) is 25.4 Å². The molecule has 0 atom stereocenters. The van der Waals surface area contributed by atoms with Crippen molar-refractivity contribution in [2.45, 2.75) is 45.7 Å². The molecule has 0 aromatic heterocycles. The van der Waals surface area contributed by atoms with Crippen molar-refractivity contribution in [3.8, 4) is 0 Å². The van der Waals surface area contributed by atoms with Gasteiger partial charge in [-0.05, 0) is 108 Å². The summed E-state index contributed by atoms with van der Waals surface area (Å²) in [6.07, 6.45) is 7.52. The molecule has 3 rings (SSSR count). The molecule has 3 aromatic rings. The van der Waals surface area contributed by atoms with Crippen molar-refractivity contribution in [3.63, 3.8) is 0 Å². The molecule has 4 heteroatoms. The molecule has 0 saturated carbocycles. The first kappa shape index (κ1) is 28.3. The van der Waals surface area contributed by atoms with Gasteiger partial charge in [-0.3, -0.25) is 0 Å². The standard InChI is InChI=1S/C33H32ClF3/c1-5-8-10-27(7-3)32-22-30(33(35,36)37)15-14-29(32)19-26-18-25(20-31(34)21-26)17-24-12-13-28(11-9-6-2)23(4)16-24/h5-8,10,12-16,18,20-22H,1-2,9,11,17,19H2,3-4H3/b10-8-,27-7+. The van der Waals surface area contributed by atoms with Crippen molar-refractivity contribution in [1.82, 2.24) is 0 Å². The van der Waals surface area contributed by atoms with Crippen LogP contribution in [0.25, 0.3) is 5.57 Å². The summed E-state index contributed by atoms with van der Waals surface area (Å²) in [6.45, 7) is 11.4. The Labute approximate surface area is 223 Å². The van der Waals surface area contributed by atoms with E-state index in [1.165, 1.54) is 22.8 Å². The van der Waals surface area contributed by atoms with E-state index in [-0.39, 0.29) is 0 Å². The predicted octanol–water partition coefficient (Wildman–Crippen LogP) is 10.1. The lowest BCUT2D eigenvalue weighted by atomic mass is 9.91. The quantitative estimate of drug-likeness (QED) is 0.184. The van der Waals surface area contributed by atoms with E-state index in [1.54, 1.807) is 24.3 Å². The third-order valence-electron chi connectivity index (χ3n) is 6.32. The summed E-state index contributed by atoms with van der Waals surface area (Å²) < 4.78 is 40.5. The second kappa shape index (κ2) is 12.8. The zero-order valence-corrected chi connectivity index (χ0v) is 22.1. The van der Waals surface area contributed by atoms with Gasteiger partial charge in [0.15, 0.2) is 0 Å². The van der Waals surface area contributed by atoms with Crippen LogP contribution in [0.4, 0.5) is 13.2 Å². The fourth-order valence-electron chi connectivity index (χ4n) is 4.47. The molecule has 37 heavy (non-hydrogen) atoms. The Morgan fingerprint density at radius 2 is 1.59 bits per heavy atom. The molecule has 3 aromatic carbocycles. The van der Waals surface area contributed by atoms with Crippen molar-refractivity contribution < 1.29 is 13.2 Å². The summed E-state index contributed by atoms with van der Waals surface area (Å²) in [5.41, 5.74) is 7.14. The van der Waals surface area contributed by atoms with Gasteiger partial charge in [0.1, 0.15) is 0 Å². The molecule has 0 radical (unpaired) electrons. The Balaban J connectivity index is 1.94. The molecule has 192 valence electrons. The van der Waals surface area contributed by atoms with Crippen molar-refractivity contribution in [2.24, 2.45) is 0 Å². The van der Waals surface area contributed by atoms with Crippen LogP contribution < -0.4 is 0 Å². The molecular weight excluding hydrogens is 489 g/mol. The number of benzene rings is 3. The van der Waals surface area contributed by atoms with Gasteiger partial charge in [0.25, 0.3) is 0 Å². The average Bonchev–Trinajstić information content (AvgIpc) is 2.84. The molecular formula is C33H32ClF3. The predicted molar refractivity (Wildman–Crippen MR) is 151 cm³/mol. The Morgan fingerprint density at radius 1 is 0.892 bits per heavy atom. The zero-order chi connectivity index (χ0) is 27.0. The molecule has 0 aliphatic rings. The second-order valence-electron chi connectivity index (χ2n) is 9.12. The fraction of sp³-hybridized carbons (Fsp3) is 0.212. The van der Waals surface area contributed by atoms with E-state index < -0.39 is 11.7 Å². The average molecular weight is 521 g/mol. The Kier molecular flexibility index (Phi) is 9.77. The summed E-state index contributed by atoms with van der Waals surface area (Å²) in [4.78, 5) is 0. The molecule has 0 amide bonds. The normalized spacial score (nSPS) is 12.2. The summed E-state index contributed by atoms with van der Waals surface area (Å²) in [6, 6.07) is 16.4. The summed E-state index contributed by atoms with van der Waals surface area (Å²) >= 11 is 6.49. The van der Waals surface area contributed by atoms with Crippen molar-refractivity contribution in [3.05, 3.63) is 148 Å². The second-order valence-corrected chi connectivity index (χ2v) is 9.55. The smallest absolute Gasteiger partial charge is 0.166 e. The zero-order valence-electron chi connectivity index (χ0n) is 21.3. The lowest BCUT2D eigenvalue weighted by Gasteiger charge is -2.16. The summed E-state index contributed by atoms with van der Waals surface area (Å²) in [7, 11) is 0. The largest absolute Gasteiger partial charge is 0.416 e. The molecule has 0 aliphatic heterocycles. The molecule has 0 spiro atoms. The monoisotopic (exact) mass is 520 g/mol. The molecule has 0 saturated heterocycles. The topological polar surface area (TPSA) is 0 Å². The fourth-order valence-corrected chi connectivity index (χ4v) is 4.75. The van der Waals surface area contributed by atoms with Crippen molar-refractivity contribution in [2.75, 3.05) is 0 Å². The third kappa shape index (κ3) is 7.84. The first-order chi connectivity index (χ1) is 17.6. The van der Waals surface area contributed by atoms with Crippen LogP contribution in [0.1, 0.15) is 57.9 Å². The number of halogens is 4. The number of allylic oxidation sites excluding steroid dienone is 6. The maximum atomic E-state index is 13.5. The van der Waals surface area contributed by atoms with Crippen LogP contribution >= 0.6 is 11.6 Å². The van der Waals surface area contributed by atoms with Gasteiger partial charge < -0.3 is 0 Å². The van der Waals surface area contributed by atoms with Crippen molar-refractivity contribution in [1.29, 1.82) is 0 Å². The molecule has 0 nitrogen and oxygen atoms in total. The number of rotatable bonds is 10. The van der Waals surface area contributed by atoms with E-state index in [2.05, 4.69) is 44.3 Å². The molecule has 0 aliphatic carbocycles. The highest BCUT2D eigenvalue weighted by molar-refractivity contribution is 6.30. The highest BCUT2D eigenvalue weighted by atomic mass is 35.5. The van der Waals surface area contributed by atoms with Crippen LogP contribution in [0.5, 0.6) is 0 Å². The molecule has 0 unspecified atom stereocenters. The maximum Gasteiger partial charge on any atom is 0.416 e. The van der Waals surface area contributed by atoms with Crippen LogP contribution in [0.2, 0.25) is 5.02 Å². The van der Waals surface area contributed by atoms with E-state index in [1.807, 2.05) is 31.2 Å². The van der Waals surface area contributed by atoms with E-state index in [0.717, 1.165) is 42.0 Å². The summed E-state index contributed by atoms with van der Waals surface area (Å²) in [5, 5.41) is 0.609. The number of hydrogen-bond acceptors (Lipinski definition) is 0. The Morgan fingerprint density at radius 3 is 2.22 bits per heavy atom. The number of alkyl halides is 3. The Hall–Kier alpha value is -3.30. The van der Waals surface area contributed by atoms with Gasteiger partial charge in [0, 0.05) is 5.02 Å². The SMILES string of the molecule is C=C/C=C\C(=C/C)c1cc(C(F)(F)F)ccc1Cc1cc(Cl)cc(Cc2ccc(CCC=C)c(C)c2)c1. The summed E-state index contributed by atoms with van der Waals surface area (Å²) in [5.74, 6) is 0. The third-order valence-corrected chi connectivity index (χ3v) is 6.53. The van der Waals surface area contributed by atoms with Crippen LogP contribution in [0, 0.1) is 6.92 Å². The van der Waals surface area contributed by atoms with E-state index in [9.17, 15) is 13.2 Å². The van der Waals surface area contributed by atoms with Gasteiger partial charge in [-0.15, -0.1) is 6.58 Å². The van der Waals surface area contributed by atoms with Gasteiger partial charge in [-0.25, -0.2) is 0 Å². The first-order valence-corrected chi connectivity index (χ1v) is 12.7. The van der Waals surface area contributed by atoms with Crippen molar-refractivity contribution >= 4 is 17.2 Å². The molecule has 0 fully saturated rings. The Bertz CT molecular complexity index is 1330. The van der Waals surface area contributed by atoms with E-state index >= 15 is 0 Å². The van der Waals surface area contributed by atoms with Crippen LogP contribution in [0.3, 0.4) is 0 Å². The molecule has 0 bridgehead atoms. The van der Waals surface area contributed by atoms with Gasteiger partial charge in [0.2, 0.25) is 0 Å². The number of hydrogen-bond donors (Lipinski definition) is 0.